The van der Waals surface area contributed by atoms with Crippen LogP contribution in [0.2, 0.25) is 0 Å². The molecular formula is C21H19P. The van der Waals surface area contributed by atoms with E-state index < -0.39 is 0 Å². The number of rotatable bonds is 4. The maximum atomic E-state index is 2.43. The van der Waals surface area contributed by atoms with E-state index in [4.69, 9.17) is 0 Å². The molecule has 0 saturated heterocycles. The van der Waals surface area contributed by atoms with E-state index >= 15 is 0 Å². The van der Waals surface area contributed by atoms with Crippen molar-refractivity contribution in [3.63, 3.8) is 0 Å². The minimum atomic E-state index is -0.324. The monoisotopic (exact) mass is 302 g/mol. The second-order valence-electron chi connectivity index (χ2n) is 5.22. The molecular weight excluding hydrogens is 283 g/mol. The van der Waals surface area contributed by atoms with Crippen LogP contribution in [0.1, 0.15) is 11.1 Å². The van der Waals surface area contributed by atoms with Crippen molar-refractivity contribution in [2.24, 2.45) is 0 Å². The number of hydrogen-bond acceptors (Lipinski definition) is 0. The summed E-state index contributed by atoms with van der Waals surface area (Å²) in [5, 5.41) is 1.40. The number of benzene rings is 3. The molecule has 0 N–H and O–H groups in total. The predicted molar refractivity (Wildman–Crippen MR) is 98.9 cm³/mol. The van der Waals surface area contributed by atoms with Crippen LogP contribution in [0.15, 0.2) is 96.8 Å². The molecule has 1 atom stereocenters. The van der Waals surface area contributed by atoms with Gasteiger partial charge in [0.05, 0.1) is 0 Å². The van der Waals surface area contributed by atoms with E-state index in [0.29, 0.717) is 0 Å². The van der Waals surface area contributed by atoms with E-state index in [1.54, 1.807) is 0 Å². The van der Waals surface area contributed by atoms with Gasteiger partial charge in [0, 0.05) is 0 Å². The zero-order valence-corrected chi connectivity index (χ0v) is 13.6. The summed E-state index contributed by atoms with van der Waals surface area (Å²) < 4.78 is 0. The molecule has 0 aliphatic carbocycles. The fraction of sp³-hybridized carbons (Fsp3) is 0.0476. The predicted octanol–water partition coefficient (Wildman–Crippen LogP) is 5.51. The van der Waals surface area contributed by atoms with Crippen molar-refractivity contribution in [2.45, 2.75) is 0 Å². The Morgan fingerprint density at radius 1 is 0.636 bits per heavy atom. The zero-order valence-electron chi connectivity index (χ0n) is 12.7. The Morgan fingerprint density at radius 3 is 1.50 bits per heavy atom. The topological polar surface area (TPSA) is 0 Å². The van der Waals surface area contributed by atoms with Crippen LogP contribution >= 0.6 is 7.92 Å². The highest BCUT2D eigenvalue weighted by molar-refractivity contribution is 7.68. The lowest BCUT2D eigenvalue weighted by Crippen LogP contribution is -1.97. The van der Waals surface area contributed by atoms with Crippen LogP contribution in [0.3, 0.4) is 0 Å². The molecule has 0 fully saturated rings. The highest BCUT2D eigenvalue weighted by atomic mass is 31.1. The molecule has 3 aromatic carbocycles. The summed E-state index contributed by atoms with van der Waals surface area (Å²) in [6, 6.07) is 32.0. The minimum absolute atomic E-state index is 0.324. The standard InChI is InChI=1S/C21H19P/c1-22(20-15-9-4-10-16-20)17-21(18-11-5-2-6-12-18)19-13-7-3-8-14-19/h2-17H,1H3. The largest absolute Gasteiger partial charge is 0.0622 e. The van der Waals surface area contributed by atoms with Gasteiger partial charge in [0.25, 0.3) is 0 Å². The summed E-state index contributed by atoms with van der Waals surface area (Å²) in [6.45, 7) is 2.32. The van der Waals surface area contributed by atoms with Crippen LogP contribution < -0.4 is 5.30 Å². The van der Waals surface area contributed by atoms with E-state index in [-0.39, 0.29) is 7.92 Å². The molecule has 0 bridgehead atoms. The van der Waals surface area contributed by atoms with E-state index in [1.807, 2.05) is 0 Å². The first-order valence-electron chi connectivity index (χ1n) is 7.45. The summed E-state index contributed by atoms with van der Waals surface area (Å²) in [4.78, 5) is 0. The smallest absolute Gasteiger partial charge is 0.0104 e. The third kappa shape index (κ3) is 3.53. The Morgan fingerprint density at radius 2 is 1.05 bits per heavy atom. The summed E-state index contributed by atoms with van der Waals surface area (Å²) in [5.74, 6) is 2.43. The SMILES string of the molecule is CP(C=C(c1ccccc1)c1ccccc1)c1ccccc1. The van der Waals surface area contributed by atoms with Crippen molar-refractivity contribution in [3.8, 4) is 0 Å². The molecule has 1 unspecified atom stereocenters. The normalized spacial score (nSPS) is 11.7. The highest BCUT2D eigenvalue weighted by Crippen LogP contribution is 2.37. The van der Waals surface area contributed by atoms with Crippen molar-refractivity contribution in [1.29, 1.82) is 0 Å². The second-order valence-corrected chi connectivity index (χ2v) is 7.22. The Hall–Kier alpha value is -2.17. The summed E-state index contributed by atoms with van der Waals surface area (Å²) in [6.07, 6.45) is 0. The molecule has 22 heavy (non-hydrogen) atoms. The van der Waals surface area contributed by atoms with Gasteiger partial charge < -0.3 is 0 Å². The van der Waals surface area contributed by atoms with Crippen molar-refractivity contribution in [3.05, 3.63) is 108 Å². The first-order valence-corrected chi connectivity index (χ1v) is 9.31. The van der Waals surface area contributed by atoms with Gasteiger partial charge in [-0.1, -0.05) is 98.9 Å². The van der Waals surface area contributed by atoms with E-state index in [2.05, 4.69) is 103 Å². The van der Waals surface area contributed by atoms with Crippen LogP contribution in [0.5, 0.6) is 0 Å². The molecule has 0 saturated carbocycles. The Balaban J connectivity index is 2.04. The lowest BCUT2D eigenvalue weighted by Gasteiger charge is -2.13. The molecule has 0 aromatic heterocycles. The van der Waals surface area contributed by atoms with Crippen LogP contribution in [-0.4, -0.2) is 6.66 Å². The molecule has 1 heteroatoms. The number of hydrogen-bond donors (Lipinski definition) is 0. The molecule has 0 aliphatic rings. The van der Waals surface area contributed by atoms with E-state index in [1.165, 1.54) is 22.0 Å². The van der Waals surface area contributed by atoms with Crippen molar-refractivity contribution >= 4 is 18.8 Å². The van der Waals surface area contributed by atoms with Gasteiger partial charge in [0.2, 0.25) is 0 Å². The molecule has 0 amide bonds. The third-order valence-electron chi connectivity index (χ3n) is 3.66. The van der Waals surface area contributed by atoms with Crippen molar-refractivity contribution in [2.75, 3.05) is 6.66 Å². The molecule has 3 aromatic rings. The van der Waals surface area contributed by atoms with Crippen LogP contribution in [0.4, 0.5) is 0 Å². The highest BCUT2D eigenvalue weighted by Gasteiger charge is 2.08. The van der Waals surface area contributed by atoms with Crippen molar-refractivity contribution in [1.82, 2.24) is 0 Å². The summed E-state index contributed by atoms with van der Waals surface area (Å²) >= 11 is 0. The van der Waals surface area contributed by atoms with E-state index in [9.17, 15) is 0 Å². The minimum Gasteiger partial charge on any atom is -0.0622 e. The molecule has 0 heterocycles. The van der Waals surface area contributed by atoms with E-state index in [0.717, 1.165) is 0 Å². The van der Waals surface area contributed by atoms with Gasteiger partial charge in [-0.3, -0.25) is 0 Å². The summed E-state index contributed by atoms with van der Waals surface area (Å²) in [5.41, 5.74) is 3.87. The second kappa shape index (κ2) is 7.20. The molecule has 108 valence electrons. The lowest BCUT2D eigenvalue weighted by molar-refractivity contribution is 1.55. The molecule has 0 spiro atoms. The first-order chi connectivity index (χ1) is 10.8. The Labute approximate surface area is 133 Å². The first kappa shape index (κ1) is 14.8. The molecule has 0 aliphatic heterocycles. The lowest BCUT2D eigenvalue weighted by atomic mass is 10.00. The molecule has 0 radical (unpaired) electrons. The fourth-order valence-corrected chi connectivity index (χ4v) is 3.96. The van der Waals surface area contributed by atoms with Gasteiger partial charge in [-0.15, -0.1) is 0 Å². The third-order valence-corrected chi connectivity index (χ3v) is 5.41. The van der Waals surface area contributed by atoms with Crippen LogP contribution in [0, 0.1) is 0 Å². The van der Waals surface area contributed by atoms with Gasteiger partial charge in [-0.25, -0.2) is 0 Å². The maximum absolute atomic E-state index is 2.43. The maximum Gasteiger partial charge on any atom is -0.0104 e. The van der Waals surface area contributed by atoms with Crippen LogP contribution in [-0.2, 0) is 0 Å². The van der Waals surface area contributed by atoms with Gasteiger partial charge in [-0.05, 0) is 34.5 Å². The van der Waals surface area contributed by atoms with Gasteiger partial charge in [-0.2, -0.15) is 0 Å². The van der Waals surface area contributed by atoms with Gasteiger partial charge >= 0.3 is 0 Å². The van der Waals surface area contributed by atoms with Gasteiger partial charge in [0.1, 0.15) is 0 Å². The molecule has 3 rings (SSSR count). The van der Waals surface area contributed by atoms with Crippen LogP contribution in [0.25, 0.3) is 5.57 Å². The molecule has 0 nitrogen and oxygen atoms in total. The average molecular weight is 302 g/mol. The zero-order chi connectivity index (χ0) is 15.2. The average Bonchev–Trinajstić information content (AvgIpc) is 2.62. The quantitative estimate of drug-likeness (QED) is 0.557. The van der Waals surface area contributed by atoms with Gasteiger partial charge in [0.15, 0.2) is 0 Å². The fourth-order valence-electron chi connectivity index (χ4n) is 2.48. The van der Waals surface area contributed by atoms with Crippen molar-refractivity contribution < 1.29 is 0 Å². The Kier molecular flexibility index (Phi) is 4.83. The Bertz CT molecular complexity index is 689. The summed E-state index contributed by atoms with van der Waals surface area (Å²) in [7, 11) is -0.324.